The minimum absolute atomic E-state index is 0.277. The first kappa shape index (κ1) is 21.1. The Morgan fingerprint density at radius 3 is 2.74 bits per heavy atom. The van der Waals surface area contributed by atoms with Crippen molar-refractivity contribution in [2.75, 3.05) is 33.3 Å². The number of piperidine rings is 1. The highest BCUT2D eigenvalue weighted by Gasteiger charge is 2.20. The Kier molecular flexibility index (Phi) is 8.49. The van der Waals surface area contributed by atoms with E-state index in [-0.39, 0.29) is 11.9 Å². The minimum atomic E-state index is -0.381. The summed E-state index contributed by atoms with van der Waals surface area (Å²) in [5.74, 6) is 0.286. The summed E-state index contributed by atoms with van der Waals surface area (Å²) in [4.78, 5) is 6.65. The molecule has 1 heterocycles. The van der Waals surface area contributed by atoms with Crippen LogP contribution in [0, 0.1) is 17.1 Å². The SMILES string of the molecule is CN=C(NCc1ccc(C#N)cc1F)NC1CCN(CCOC(C)C)CC1. The average molecular weight is 375 g/mol. The molecule has 0 bridgehead atoms. The van der Waals surface area contributed by atoms with E-state index in [2.05, 4.69) is 34.4 Å². The van der Waals surface area contributed by atoms with E-state index >= 15 is 0 Å². The summed E-state index contributed by atoms with van der Waals surface area (Å²) < 4.78 is 19.6. The van der Waals surface area contributed by atoms with Crippen LogP contribution in [0.15, 0.2) is 23.2 Å². The third-order valence-electron chi connectivity index (χ3n) is 4.64. The number of nitrogens with one attached hydrogen (secondary N) is 2. The molecule has 6 nitrogen and oxygen atoms in total. The number of likely N-dealkylation sites (tertiary alicyclic amines) is 1. The van der Waals surface area contributed by atoms with Crippen molar-refractivity contribution < 1.29 is 9.13 Å². The number of nitrogens with zero attached hydrogens (tertiary/aromatic N) is 3. The van der Waals surface area contributed by atoms with Gasteiger partial charge in [-0.25, -0.2) is 4.39 Å². The molecule has 1 aromatic rings. The van der Waals surface area contributed by atoms with Gasteiger partial charge in [0.2, 0.25) is 0 Å². The second-order valence-corrected chi connectivity index (χ2v) is 7.02. The van der Waals surface area contributed by atoms with Crippen LogP contribution in [-0.2, 0) is 11.3 Å². The quantitative estimate of drug-likeness (QED) is 0.565. The van der Waals surface area contributed by atoms with Crippen molar-refractivity contribution in [2.24, 2.45) is 4.99 Å². The molecule has 148 valence electrons. The fourth-order valence-corrected chi connectivity index (χ4v) is 3.05. The van der Waals surface area contributed by atoms with Gasteiger partial charge < -0.3 is 20.3 Å². The first-order valence-electron chi connectivity index (χ1n) is 9.51. The fraction of sp³-hybridized carbons (Fsp3) is 0.600. The van der Waals surface area contributed by atoms with Gasteiger partial charge in [-0.05, 0) is 38.8 Å². The molecular formula is C20H30FN5O. The molecule has 0 radical (unpaired) electrons. The molecule has 1 aromatic carbocycles. The van der Waals surface area contributed by atoms with E-state index in [9.17, 15) is 4.39 Å². The van der Waals surface area contributed by atoms with Crippen LogP contribution in [0.25, 0.3) is 0 Å². The standard InChI is InChI=1S/C20H30FN5O/c1-15(2)27-11-10-26-8-6-18(7-9-26)25-20(23-3)24-14-17-5-4-16(13-22)12-19(17)21/h4-5,12,15,18H,6-11,14H2,1-3H3,(H2,23,24,25). The van der Waals surface area contributed by atoms with E-state index in [1.54, 1.807) is 19.2 Å². The Hall–Kier alpha value is -2.17. The number of hydrogen-bond acceptors (Lipinski definition) is 4. The molecule has 0 saturated carbocycles. The van der Waals surface area contributed by atoms with Crippen LogP contribution in [-0.4, -0.2) is 56.3 Å². The van der Waals surface area contributed by atoms with Gasteiger partial charge in [-0.15, -0.1) is 0 Å². The topological polar surface area (TPSA) is 72.7 Å². The van der Waals surface area contributed by atoms with Crippen molar-refractivity contribution in [1.29, 1.82) is 5.26 Å². The Morgan fingerprint density at radius 1 is 1.41 bits per heavy atom. The normalized spacial score (nSPS) is 16.4. The number of ether oxygens (including phenoxy) is 1. The van der Waals surface area contributed by atoms with Crippen LogP contribution >= 0.6 is 0 Å². The number of aliphatic imine (C=N–C) groups is 1. The Balaban J connectivity index is 1.74. The van der Waals surface area contributed by atoms with Crippen molar-refractivity contribution in [3.63, 3.8) is 0 Å². The van der Waals surface area contributed by atoms with E-state index in [0.29, 0.717) is 29.7 Å². The zero-order chi connectivity index (χ0) is 19.6. The molecule has 27 heavy (non-hydrogen) atoms. The van der Waals surface area contributed by atoms with Gasteiger partial charge in [0.15, 0.2) is 5.96 Å². The van der Waals surface area contributed by atoms with Gasteiger partial charge in [0.1, 0.15) is 5.82 Å². The summed E-state index contributed by atoms with van der Waals surface area (Å²) in [6.07, 6.45) is 2.35. The van der Waals surface area contributed by atoms with Gasteiger partial charge in [-0.1, -0.05) is 6.07 Å². The lowest BCUT2D eigenvalue weighted by Gasteiger charge is -2.33. The molecular weight excluding hydrogens is 345 g/mol. The van der Waals surface area contributed by atoms with Crippen LogP contribution in [0.3, 0.4) is 0 Å². The van der Waals surface area contributed by atoms with Gasteiger partial charge >= 0.3 is 0 Å². The van der Waals surface area contributed by atoms with Crippen molar-refractivity contribution in [3.05, 3.63) is 35.1 Å². The monoisotopic (exact) mass is 375 g/mol. The van der Waals surface area contributed by atoms with Gasteiger partial charge in [0, 0.05) is 44.8 Å². The molecule has 1 aliphatic heterocycles. The lowest BCUT2D eigenvalue weighted by atomic mass is 10.1. The Labute approximate surface area is 161 Å². The number of guanidine groups is 1. The molecule has 1 aliphatic rings. The molecule has 0 spiro atoms. The lowest BCUT2D eigenvalue weighted by molar-refractivity contribution is 0.0532. The van der Waals surface area contributed by atoms with E-state index < -0.39 is 0 Å². The first-order valence-corrected chi connectivity index (χ1v) is 9.51. The number of nitriles is 1. The maximum atomic E-state index is 14.0. The van der Waals surface area contributed by atoms with Crippen LogP contribution in [0.1, 0.15) is 37.8 Å². The summed E-state index contributed by atoms with van der Waals surface area (Å²) in [6.45, 7) is 8.23. The summed E-state index contributed by atoms with van der Waals surface area (Å²) in [7, 11) is 1.71. The summed E-state index contributed by atoms with van der Waals surface area (Å²) >= 11 is 0. The molecule has 0 aromatic heterocycles. The highest BCUT2D eigenvalue weighted by molar-refractivity contribution is 5.79. The molecule has 0 amide bonds. The second-order valence-electron chi connectivity index (χ2n) is 7.02. The highest BCUT2D eigenvalue weighted by atomic mass is 19.1. The van der Waals surface area contributed by atoms with E-state index in [4.69, 9.17) is 10.00 Å². The van der Waals surface area contributed by atoms with Gasteiger partial charge in [-0.2, -0.15) is 5.26 Å². The lowest BCUT2D eigenvalue weighted by Crippen LogP contribution is -2.49. The third-order valence-corrected chi connectivity index (χ3v) is 4.64. The van der Waals surface area contributed by atoms with Gasteiger partial charge in [0.25, 0.3) is 0 Å². The highest BCUT2D eigenvalue weighted by Crippen LogP contribution is 2.11. The van der Waals surface area contributed by atoms with Crippen molar-refractivity contribution >= 4 is 5.96 Å². The van der Waals surface area contributed by atoms with E-state index in [0.717, 1.165) is 39.1 Å². The number of halogens is 1. The second kappa shape index (κ2) is 10.9. The van der Waals surface area contributed by atoms with Crippen molar-refractivity contribution in [3.8, 4) is 6.07 Å². The summed E-state index contributed by atoms with van der Waals surface area (Å²) in [5, 5.41) is 15.4. The Morgan fingerprint density at radius 2 is 2.15 bits per heavy atom. The summed E-state index contributed by atoms with van der Waals surface area (Å²) in [5.41, 5.74) is 0.834. The Bertz CT molecular complexity index is 663. The van der Waals surface area contributed by atoms with Crippen LogP contribution in [0.5, 0.6) is 0 Å². The van der Waals surface area contributed by atoms with Crippen LogP contribution < -0.4 is 10.6 Å². The molecule has 0 aliphatic carbocycles. The smallest absolute Gasteiger partial charge is 0.191 e. The zero-order valence-corrected chi connectivity index (χ0v) is 16.5. The van der Waals surface area contributed by atoms with Crippen molar-refractivity contribution in [2.45, 2.75) is 45.4 Å². The van der Waals surface area contributed by atoms with Crippen molar-refractivity contribution in [1.82, 2.24) is 15.5 Å². The van der Waals surface area contributed by atoms with E-state index in [1.807, 2.05) is 6.07 Å². The minimum Gasteiger partial charge on any atom is -0.377 e. The molecule has 2 rings (SSSR count). The maximum absolute atomic E-state index is 14.0. The molecule has 2 N–H and O–H groups in total. The number of hydrogen-bond donors (Lipinski definition) is 2. The largest absolute Gasteiger partial charge is 0.377 e. The fourth-order valence-electron chi connectivity index (χ4n) is 3.05. The number of rotatable bonds is 7. The zero-order valence-electron chi connectivity index (χ0n) is 16.5. The van der Waals surface area contributed by atoms with Crippen LogP contribution in [0.2, 0.25) is 0 Å². The molecule has 0 unspecified atom stereocenters. The van der Waals surface area contributed by atoms with Gasteiger partial charge in [0.05, 0.1) is 24.3 Å². The molecule has 1 fully saturated rings. The summed E-state index contributed by atoms with van der Waals surface area (Å²) in [6, 6.07) is 6.80. The maximum Gasteiger partial charge on any atom is 0.191 e. The van der Waals surface area contributed by atoms with Gasteiger partial charge in [-0.3, -0.25) is 4.99 Å². The predicted molar refractivity (Wildman–Crippen MR) is 105 cm³/mol. The van der Waals surface area contributed by atoms with E-state index in [1.165, 1.54) is 6.07 Å². The first-order chi connectivity index (χ1) is 13.0. The third kappa shape index (κ3) is 7.16. The molecule has 0 atom stereocenters. The molecule has 1 saturated heterocycles. The van der Waals surface area contributed by atoms with Crippen LogP contribution in [0.4, 0.5) is 4.39 Å². The predicted octanol–water partition coefficient (Wildman–Crippen LogP) is 2.25. The average Bonchev–Trinajstić information content (AvgIpc) is 2.66. The number of benzene rings is 1. The molecule has 7 heteroatoms.